The van der Waals surface area contributed by atoms with Gasteiger partial charge >= 0.3 is 0 Å². The molecule has 0 saturated heterocycles. The highest BCUT2D eigenvalue weighted by atomic mass is 16.2. The van der Waals surface area contributed by atoms with E-state index in [-0.39, 0.29) is 11.8 Å². The van der Waals surface area contributed by atoms with Crippen molar-refractivity contribution in [1.82, 2.24) is 21.3 Å². The summed E-state index contributed by atoms with van der Waals surface area (Å²) in [5.41, 5.74) is 5.51. The number of carbonyl (C=O) groups is 2. The molecule has 4 atom stereocenters. The molecule has 7 nitrogen and oxygen atoms in total. The Morgan fingerprint density at radius 1 is 0.519 bits per heavy atom. The molecule has 6 N–H and O–H groups in total. The third-order valence-corrected chi connectivity index (χ3v) is 11.1. The van der Waals surface area contributed by atoms with Gasteiger partial charge in [0.2, 0.25) is 11.8 Å². The highest BCUT2D eigenvalue weighted by Crippen LogP contribution is 2.44. The third kappa shape index (κ3) is 27.0. The monoisotopic (exact) mass is 730 g/mol. The van der Waals surface area contributed by atoms with Crippen LogP contribution in [0.1, 0.15) is 181 Å². The molecule has 0 spiro atoms. The van der Waals surface area contributed by atoms with Crippen LogP contribution in [0, 0.1) is 23.7 Å². The van der Waals surface area contributed by atoms with Gasteiger partial charge in [0, 0.05) is 52.1 Å². The second-order valence-corrected chi connectivity index (χ2v) is 15.7. The van der Waals surface area contributed by atoms with Gasteiger partial charge in [0.05, 0.1) is 0 Å². The minimum absolute atomic E-state index is 0.179. The molecule has 0 radical (unpaired) electrons. The zero-order chi connectivity index (χ0) is 37.7. The van der Waals surface area contributed by atoms with E-state index < -0.39 is 0 Å². The molecular weight excluding hydrogens is 643 g/mol. The van der Waals surface area contributed by atoms with Crippen LogP contribution in [0.15, 0.2) is 24.3 Å². The van der Waals surface area contributed by atoms with E-state index in [4.69, 9.17) is 5.73 Å². The van der Waals surface area contributed by atoms with Gasteiger partial charge in [-0.2, -0.15) is 0 Å². The molecule has 0 aromatic rings. The van der Waals surface area contributed by atoms with Crippen molar-refractivity contribution in [3.8, 4) is 0 Å². The maximum Gasteiger partial charge on any atom is 0.220 e. The third-order valence-electron chi connectivity index (χ3n) is 11.1. The normalized spacial score (nSPS) is 18.7. The molecule has 2 amide bonds. The van der Waals surface area contributed by atoms with Crippen molar-refractivity contribution in [2.24, 2.45) is 29.4 Å². The molecule has 1 rings (SSSR count). The Hall–Kier alpha value is -1.70. The Morgan fingerprint density at radius 2 is 1.02 bits per heavy atom. The average molecular weight is 730 g/mol. The summed E-state index contributed by atoms with van der Waals surface area (Å²) in [4.78, 5) is 24.4. The van der Waals surface area contributed by atoms with Crippen molar-refractivity contribution < 1.29 is 9.59 Å². The van der Waals surface area contributed by atoms with Gasteiger partial charge in [-0.15, -0.1) is 0 Å². The second-order valence-electron chi connectivity index (χ2n) is 15.7. The molecule has 0 fully saturated rings. The van der Waals surface area contributed by atoms with E-state index in [2.05, 4.69) is 66.3 Å². The highest BCUT2D eigenvalue weighted by Gasteiger charge is 2.34. The number of rotatable bonds is 37. The van der Waals surface area contributed by atoms with Crippen LogP contribution in [0.2, 0.25) is 0 Å². The van der Waals surface area contributed by atoms with Crippen molar-refractivity contribution in [3.05, 3.63) is 24.3 Å². The summed E-state index contributed by atoms with van der Waals surface area (Å²) in [6, 6.07) is 0. The summed E-state index contributed by atoms with van der Waals surface area (Å²) in [5.74, 6) is 3.33. The largest absolute Gasteiger partial charge is 0.355 e. The number of hydrogen-bond acceptors (Lipinski definition) is 5. The summed E-state index contributed by atoms with van der Waals surface area (Å²) in [6.45, 7) is 12.3. The fraction of sp³-hybridized carbons (Fsp3) is 0.867. The predicted octanol–water partition coefficient (Wildman–Crippen LogP) is 9.76. The Kier molecular flexibility index (Phi) is 33.7. The van der Waals surface area contributed by atoms with Crippen LogP contribution < -0.4 is 27.0 Å². The fourth-order valence-electron chi connectivity index (χ4n) is 7.97. The van der Waals surface area contributed by atoms with Gasteiger partial charge in [0.25, 0.3) is 0 Å². The summed E-state index contributed by atoms with van der Waals surface area (Å²) in [6.07, 6.45) is 40.5. The summed E-state index contributed by atoms with van der Waals surface area (Å²) >= 11 is 0. The van der Waals surface area contributed by atoms with E-state index in [1.807, 2.05) is 0 Å². The Balaban J connectivity index is 2.65. The number of hydrogen-bond donors (Lipinski definition) is 5. The van der Waals surface area contributed by atoms with Crippen molar-refractivity contribution in [2.75, 3.05) is 45.8 Å². The molecular formula is C45H87N5O2. The van der Waals surface area contributed by atoms with E-state index in [9.17, 15) is 9.59 Å². The molecule has 7 heteroatoms. The zero-order valence-electron chi connectivity index (χ0n) is 34.6. The van der Waals surface area contributed by atoms with E-state index >= 15 is 0 Å². The van der Waals surface area contributed by atoms with Gasteiger partial charge in [-0.3, -0.25) is 9.59 Å². The molecule has 304 valence electrons. The van der Waals surface area contributed by atoms with Crippen LogP contribution in [0.4, 0.5) is 0 Å². The van der Waals surface area contributed by atoms with Gasteiger partial charge in [-0.25, -0.2) is 0 Å². The molecule has 0 saturated carbocycles. The van der Waals surface area contributed by atoms with Gasteiger partial charge in [-0.1, -0.05) is 135 Å². The van der Waals surface area contributed by atoms with Crippen LogP contribution in [0.25, 0.3) is 0 Å². The molecule has 4 unspecified atom stereocenters. The molecule has 0 aromatic carbocycles. The van der Waals surface area contributed by atoms with Crippen LogP contribution >= 0.6 is 0 Å². The average Bonchev–Trinajstić information content (AvgIpc) is 3.14. The molecule has 1 aliphatic rings. The topological polar surface area (TPSA) is 108 Å². The Labute approximate surface area is 322 Å². The van der Waals surface area contributed by atoms with E-state index in [1.54, 1.807) is 0 Å². The number of nitrogens with one attached hydrogen (secondary N) is 4. The van der Waals surface area contributed by atoms with Crippen LogP contribution in [0.5, 0.6) is 0 Å². The van der Waals surface area contributed by atoms with Gasteiger partial charge in [-0.05, 0) is 88.0 Å². The Morgan fingerprint density at radius 3 is 1.60 bits per heavy atom. The number of nitrogens with two attached hydrogens (primary N) is 1. The predicted molar refractivity (Wildman–Crippen MR) is 226 cm³/mol. The maximum atomic E-state index is 12.2. The first kappa shape index (κ1) is 48.3. The van der Waals surface area contributed by atoms with Crippen molar-refractivity contribution in [3.63, 3.8) is 0 Å². The first-order chi connectivity index (χ1) is 25.6. The lowest BCUT2D eigenvalue weighted by molar-refractivity contribution is -0.122. The first-order valence-corrected chi connectivity index (χ1v) is 22.5. The van der Waals surface area contributed by atoms with Crippen LogP contribution in [-0.4, -0.2) is 57.6 Å². The van der Waals surface area contributed by atoms with Gasteiger partial charge in [0.1, 0.15) is 0 Å². The summed E-state index contributed by atoms with van der Waals surface area (Å²) in [7, 11) is 0. The molecule has 0 aromatic heterocycles. The number of allylic oxidation sites excluding steroid dienone is 4. The van der Waals surface area contributed by atoms with Crippen molar-refractivity contribution >= 4 is 11.8 Å². The SMILES string of the molecule is CCCCC/C=C/CC1C(CCCCCC)C=CC(CCCCCCCC(=O)NCCNCCC)C1CCCCCCCC(=O)NCCNCCN. The maximum absolute atomic E-state index is 12.2. The molecule has 0 heterocycles. The number of amides is 2. The van der Waals surface area contributed by atoms with E-state index in [0.717, 1.165) is 82.6 Å². The second kappa shape index (κ2) is 36.3. The van der Waals surface area contributed by atoms with Gasteiger partial charge < -0.3 is 27.0 Å². The van der Waals surface area contributed by atoms with Crippen LogP contribution in [-0.2, 0) is 9.59 Å². The van der Waals surface area contributed by atoms with E-state index in [1.165, 1.54) is 116 Å². The van der Waals surface area contributed by atoms with Gasteiger partial charge in [0.15, 0.2) is 0 Å². The molecule has 52 heavy (non-hydrogen) atoms. The van der Waals surface area contributed by atoms with Crippen molar-refractivity contribution in [2.45, 2.75) is 181 Å². The smallest absolute Gasteiger partial charge is 0.220 e. The molecule has 1 aliphatic carbocycles. The lowest BCUT2D eigenvalue weighted by Gasteiger charge is -2.40. The molecule has 0 bridgehead atoms. The van der Waals surface area contributed by atoms with Crippen molar-refractivity contribution in [1.29, 1.82) is 0 Å². The standard InChI is InChI=1S/C45H87N5O2/c1-4-7-9-11-15-21-27-42-40(25-19-10-8-5-2)31-32-41(26-20-14-12-17-23-29-44(51)49-38-36-47-34-6-3)43(42)28-22-16-13-18-24-30-45(52)50-39-37-48-35-33-46/h15,21,31-32,40-43,47-48H,4-14,16-20,22-30,33-39,46H2,1-3H3,(H,49,51)(H,50,52)/b21-15+. The van der Waals surface area contributed by atoms with Crippen LogP contribution in [0.3, 0.4) is 0 Å². The number of carbonyl (C=O) groups excluding carboxylic acids is 2. The zero-order valence-corrected chi connectivity index (χ0v) is 34.6. The first-order valence-electron chi connectivity index (χ1n) is 22.5. The quantitative estimate of drug-likeness (QED) is 0.0323. The minimum atomic E-state index is 0.179. The highest BCUT2D eigenvalue weighted by molar-refractivity contribution is 5.76. The fourth-order valence-corrected chi connectivity index (χ4v) is 7.97. The summed E-state index contributed by atoms with van der Waals surface area (Å²) < 4.78 is 0. The molecule has 0 aliphatic heterocycles. The number of unbranched alkanes of at least 4 members (excludes halogenated alkanes) is 14. The minimum Gasteiger partial charge on any atom is -0.355 e. The Bertz CT molecular complexity index is 878. The summed E-state index contributed by atoms with van der Waals surface area (Å²) in [5, 5.41) is 12.7. The lowest BCUT2D eigenvalue weighted by Crippen LogP contribution is -2.33. The van der Waals surface area contributed by atoms with E-state index in [0.29, 0.717) is 31.8 Å². The lowest BCUT2D eigenvalue weighted by atomic mass is 9.65.